The van der Waals surface area contributed by atoms with Gasteiger partial charge in [0.05, 0.1) is 0 Å². The van der Waals surface area contributed by atoms with Crippen LogP contribution < -0.4 is 5.73 Å². The number of likely N-dealkylation sites (N-methyl/N-ethyl adjacent to an activating group) is 1. The van der Waals surface area contributed by atoms with Gasteiger partial charge in [-0.2, -0.15) is 0 Å². The predicted molar refractivity (Wildman–Crippen MR) is 73.7 cm³/mol. The molecule has 2 nitrogen and oxygen atoms in total. The second-order valence-corrected chi connectivity index (χ2v) is 5.68. The summed E-state index contributed by atoms with van der Waals surface area (Å²) in [5.41, 5.74) is 6.20. The molecule has 0 aliphatic rings. The summed E-state index contributed by atoms with van der Waals surface area (Å²) in [5, 5.41) is 0. The van der Waals surface area contributed by atoms with Crippen molar-refractivity contribution < 1.29 is 0 Å². The minimum Gasteiger partial charge on any atom is -0.329 e. The van der Waals surface area contributed by atoms with E-state index in [1.807, 2.05) is 0 Å². The van der Waals surface area contributed by atoms with Crippen molar-refractivity contribution in [3.8, 4) is 0 Å². The molecule has 2 heteroatoms. The molecular weight excluding hydrogens is 196 g/mol. The van der Waals surface area contributed by atoms with Crippen molar-refractivity contribution in [1.29, 1.82) is 0 Å². The monoisotopic (exact) mass is 228 g/mol. The second-order valence-electron chi connectivity index (χ2n) is 5.68. The molecule has 0 aromatic carbocycles. The molecule has 0 aliphatic heterocycles. The van der Waals surface area contributed by atoms with Crippen molar-refractivity contribution in [3.05, 3.63) is 0 Å². The lowest BCUT2D eigenvalue weighted by atomic mass is 9.88. The van der Waals surface area contributed by atoms with E-state index in [0.29, 0.717) is 6.04 Å². The highest BCUT2D eigenvalue weighted by atomic mass is 15.2. The van der Waals surface area contributed by atoms with Gasteiger partial charge < -0.3 is 5.73 Å². The Kier molecular flexibility index (Phi) is 7.25. The fraction of sp³-hybridized carbons (Fsp3) is 1.00. The largest absolute Gasteiger partial charge is 0.329 e. The van der Waals surface area contributed by atoms with E-state index in [-0.39, 0.29) is 5.54 Å². The first-order valence-electron chi connectivity index (χ1n) is 6.88. The molecule has 2 N–H and O–H groups in total. The second kappa shape index (κ2) is 7.29. The molecule has 0 bridgehead atoms. The van der Waals surface area contributed by atoms with E-state index in [2.05, 4.69) is 46.4 Å². The fourth-order valence-electron chi connectivity index (χ4n) is 2.41. The maximum Gasteiger partial charge on any atom is 0.0306 e. The highest BCUT2D eigenvalue weighted by molar-refractivity contribution is 4.89. The van der Waals surface area contributed by atoms with Gasteiger partial charge in [-0.25, -0.2) is 0 Å². The summed E-state index contributed by atoms with van der Waals surface area (Å²) in [7, 11) is 0. The van der Waals surface area contributed by atoms with Crippen molar-refractivity contribution in [2.45, 2.75) is 72.4 Å². The Morgan fingerprint density at radius 2 is 1.75 bits per heavy atom. The van der Waals surface area contributed by atoms with Crippen LogP contribution in [0, 0.1) is 5.92 Å². The van der Waals surface area contributed by atoms with Crippen LogP contribution >= 0.6 is 0 Å². The SMILES string of the molecule is CCC(C)N(CC)C(C)(CN)CCC(C)C. The molecule has 0 spiro atoms. The van der Waals surface area contributed by atoms with Gasteiger partial charge in [0.15, 0.2) is 0 Å². The van der Waals surface area contributed by atoms with E-state index in [1.165, 1.54) is 19.3 Å². The van der Waals surface area contributed by atoms with Gasteiger partial charge in [-0.15, -0.1) is 0 Å². The van der Waals surface area contributed by atoms with Gasteiger partial charge in [-0.3, -0.25) is 4.90 Å². The zero-order valence-electron chi connectivity index (χ0n) is 12.2. The lowest BCUT2D eigenvalue weighted by molar-refractivity contribution is 0.0607. The summed E-state index contributed by atoms with van der Waals surface area (Å²) in [4.78, 5) is 2.58. The molecule has 98 valence electrons. The zero-order valence-corrected chi connectivity index (χ0v) is 12.2. The summed E-state index contributed by atoms with van der Waals surface area (Å²) in [6.07, 6.45) is 3.67. The Labute approximate surface area is 103 Å². The molecule has 0 saturated heterocycles. The molecule has 0 aromatic rings. The summed E-state index contributed by atoms with van der Waals surface area (Å²) < 4.78 is 0. The number of nitrogens with two attached hydrogens (primary N) is 1. The fourth-order valence-corrected chi connectivity index (χ4v) is 2.41. The lowest BCUT2D eigenvalue weighted by Crippen LogP contribution is -2.55. The van der Waals surface area contributed by atoms with Gasteiger partial charge in [0.1, 0.15) is 0 Å². The smallest absolute Gasteiger partial charge is 0.0306 e. The standard InChI is InChI=1S/C14H32N2/c1-7-13(5)16(8-2)14(6,11-15)10-9-12(3)4/h12-13H,7-11,15H2,1-6H3. The molecule has 0 saturated carbocycles. The average Bonchev–Trinajstić information content (AvgIpc) is 2.26. The number of rotatable bonds is 8. The molecule has 0 rings (SSSR count). The molecule has 16 heavy (non-hydrogen) atoms. The van der Waals surface area contributed by atoms with Gasteiger partial charge in [-0.05, 0) is 45.6 Å². The molecule has 0 radical (unpaired) electrons. The summed E-state index contributed by atoms with van der Waals surface area (Å²) in [6.45, 7) is 15.6. The number of hydrogen-bond donors (Lipinski definition) is 1. The van der Waals surface area contributed by atoms with Gasteiger partial charge in [-0.1, -0.05) is 27.7 Å². The van der Waals surface area contributed by atoms with Gasteiger partial charge in [0, 0.05) is 18.1 Å². The topological polar surface area (TPSA) is 29.3 Å². The third-order valence-corrected chi connectivity index (χ3v) is 3.86. The quantitative estimate of drug-likeness (QED) is 0.691. The van der Waals surface area contributed by atoms with Crippen LogP contribution in [-0.4, -0.2) is 29.6 Å². The van der Waals surface area contributed by atoms with E-state index >= 15 is 0 Å². The first-order chi connectivity index (χ1) is 7.41. The van der Waals surface area contributed by atoms with E-state index < -0.39 is 0 Å². The molecule has 0 aromatic heterocycles. The van der Waals surface area contributed by atoms with E-state index in [4.69, 9.17) is 5.73 Å². The molecule has 0 aliphatic carbocycles. The minimum atomic E-state index is 0.175. The molecule has 0 amide bonds. The maximum atomic E-state index is 6.02. The van der Waals surface area contributed by atoms with Crippen LogP contribution in [0.25, 0.3) is 0 Å². The third kappa shape index (κ3) is 4.42. The Morgan fingerprint density at radius 3 is 2.06 bits per heavy atom. The summed E-state index contributed by atoms with van der Waals surface area (Å²) in [5.74, 6) is 0.765. The van der Waals surface area contributed by atoms with Crippen molar-refractivity contribution in [1.82, 2.24) is 4.90 Å². The van der Waals surface area contributed by atoms with E-state index in [9.17, 15) is 0 Å². The third-order valence-electron chi connectivity index (χ3n) is 3.86. The van der Waals surface area contributed by atoms with Crippen molar-refractivity contribution in [3.63, 3.8) is 0 Å². The van der Waals surface area contributed by atoms with Gasteiger partial charge in [0.2, 0.25) is 0 Å². The summed E-state index contributed by atoms with van der Waals surface area (Å²) in [6, 6.07) is 0.630. The van der Waals surface area contributed by atoms with Gasteiger partial charge in [0.25, 0.3) is 0 Å². The first-order valence-corrected chi connectivity index (χ1v) is 6.88. The van der Waals surface area contributed by atoms with Crippen molar-refractivity contribution >= 4 is 0 Å². The Hall–Kier alpha value is -0.0800. The average molecular weight is 228 g/mol. The Morgan fingerprint density at radius 1 is 1.19 bits per heavy atom. The van der Waals surface area contributed by atoms with Crippen molar-refractivity contribution in [2.75, 3.05) is 13.1 Å². The maximum absolute atomic E-state index is 6.02. The van der Waals surface area contributed by atoms with Gasteiger partial charge >= 0.3 is 0 Å². The lowest BCUT2D eigenvalue weighted by Gasteiger charge is -2.44. The molecule has 2 atom stereocenters. The highest BCUT2D eigenvalue weighted by Gasteiger charge is 2.31. The van der Waals surface area contributed by atoms with Crippen LogP contribution in [0.5, 0.6) is 0 Å². The molecule has 2 unspecified atom stereocenters. The van der Waals surface area contributed by atoms with E-state index in [1.54, 1.807) is 0 Å². The van der Waals surface area contributed by atoms with Crippen molar-refractivity contribution in [2.24, 2.45) is 11.7 Å². The zero-order chi connectivity index (χ0) is 12.8. The first kappa shape index (κ1) is 15.9. The van der Waals surface area contributed by atoms with Crippen LogP contribution in [0.15, 0.2) is 0 Å². The van der Waals surface area contributed by atoms with Crippen LogP contribution in [0.1, 0.15) is 60.8 Å². The van der Waals surface area contributed by atoms with Crippen LogP contribution in [0.3, 0.4) is 0 Å². The summed E-state index contributed by atoms with van der Waals surface area (Å²) >= 11 is 0. The Balaban J connectivity index is 4.61. The predicted octanol–water partition coefficient (Wildman–Crippen LogP) is 3.26. The normalized spacial score (nSPS) is 17.8. The molecule has 0 heterocycles. The van der Waals surface area contributed by atoms with Crippen LogP contribution in [0.4, 0.5) is 0 Å². The van der Waals surface area contributed by atoms with Crippen LogP contribution in [-0.2, 0) is 0 Å². The Bertz CT molecular complexity index is 180. The minimum absolute atomic E-state index is 0.175. The number of hydrogen-bond acceptors (Lipinski definition) is 2. The van der Waals surface area contributed by atoms with Crippen LogP contribution in [0.2, 0.25) is 0 Å². The molecule has 0 fully saturated rings. The number of nitrogens with zero attached hydrogens (tertiary/aromatic N) is 1. The van der Waals surface area contributed by atoms with E-state index in [0.717, 1.165) is 19.0 Å². The highest BCUT2D eigenvalue weighted by Crippen LogP contribution is 2.25. The molecular formula is C14H32N2.